The first-order chi connectivity index (χ1) is 14.0. The lowest BCUT2D eigenvalue weighted by atomic mass is 10.1. The van der Waals surface area contributed by atoms with Crippen molar-refractivity contribution in [3.8, 4) is 0 Å². The van der Waals surface area contributed by atoms with Crippen LogP contribution in [0.4, 0.5) is 49.1 Å². The average molecular weight is 533 g/mol. The van der Waals surface area contributed by atoms with Gasteiger partial charge in [-0.05, 0) is 0 Å². The number of anilines is 2. The molecular weight excluding hydrogens is 530 g/mol. The molecule has 0 saturated carbocycles. The van der Waals surface area contributed by atoms with Gasteiger partial charge in [-0.1, -0.05) is 46.4 Å². The van der Waals surface area contributed by atoms with Crippen LogP contribution in [-0.4, -0.2) is 9.85 Å². The van der Waals surface area contributed by atoms with Gasteiger partial charge in [-0.3, -0.25) is 20.2 Å². The molecule has 2 aromatic carbocycles. The quantitative estimate of drug-likeness (QED) is 0.187. The lowest BCUT2D eigenvalue weighted by Crippen LogP contribution is -2.13. The minimum Gasteiger partial charge on any atom is -0.347 e. The smallest absolute Gasteiger partial charge is 0.347 e. The van der Waals surface area contributed by atoms with Crippen LogP contribution < -0.4 is 5.32 Å². The Morgan fingerprint density at radius 2 is 1.23 bits per heavy atom. The predicted molar refractivity (Wildman–Crippen MR) is 99.5 cm³/mol. The Labute approximate surface area is 186 Å². The van der Waals surface area contributed by atoms with Crippen LogP contribution in [0.5, 0.6) is 0 Å². The van der Waals surface area contributed by atoms with Crippen molar-refractivity contribution >= 4 is 69.2 Å². The number of nitrogens with zero attached hydrogens (tertiary/aromatic N) is 2. The minimum absolute atomic E-state index is 0.0234. The zero-order valence-corrected chi connectivity index (χ0v) is 17.0. The zero-order valence-electron chi connectivity index (χ0n) is 14.0. The highest BCUT2D eigenvalue weighted by Crippen LogP contribution is 2.52. The van der Waals surface area contributed by atoms with Crippen molar-refractivity contribution in [3.63, 3.8) is 0 Å². The highest BCUT2D eigenvalue weighted by molar-refractivity contribution is 6.51. The molecule has 31 heavy (non-hydrogen) atoms. The Balaban J connectivity index is 2.89. The van der Waals surface area contributed by atoms with Crippen molar-refractivity contribution < 1.29 is 36.2 Å². The van der Waals surface area contributed by atoms with Gasteiger partial charge in [-0.2, -0.15) is 26.3 Å². The van der Waals surface area contributed by atoms with E-state index in [1.165, 1.54) is 0 Å². The van der Waals surface area contributed by atoms with Gasteiger partial charge in [-0.15, -0.1) is 0 Å². The van der Waals surface area contributed by atoms with E-state index >= 15 is 0 Å². The van der Waals surface area contributed by atoms with Crippen molar-refractivity contribution in [1.82, 2.24) is 0 Å². The molecule has 2 rings (SSSR count). The number of hydrogen-bond donors (Lipinski definition) is 1. The summed E-state index contributed by atoms with van der Waals surface area (Å²) in [5.41, 5.74) is -8.61. The summed E-state index contributed by atoms with van der Waals surface area (Å²) in [6, 6.07) is 0.178. The summed E-state index contributed by atoms with van der Waals surface area (Å²) in [7, 11) is 0. The predicted octanol–water partition coefficient (Wildman–Crippen LogP) is 7.90. The van der Waals surface area contributed by atoms with Crippen molar-refractivity contribution in [2.45, 2.75) is 12.4 Å². The Kier molecular flexibility index (Phi) is 6.76. The van der Waals surface area contributed by atoms with Crippen LogP contribution in [0.1, 0.15) is 11.1 Å². The van der Waals surface area contributed by atoms with E-state index in [1.54, 1.807) is 0 Å². The second kappa shape index (κ2) is 8.37. The molecule has 2 aromatic rings. The van der Waals surface area contributed by atoms with Gasteiger partial charge >= 0.3 is 12.4 Å². The molecule has 0 aliphatic heterocycles. The minimum atomic E-state index is -5.38. The molecule has 1 N–H and O–H groups in total. The second-order valence-corrected chi connectivity index (χ2v) is 7.04. The van der Waals surface area contributed by atoms with Crippen LogP contribution in [0.15, 0.2) is 12.1 Å². The Morgan fingerprint density at radius 1 is 0.742 bits per heavy atom. The molecule has 0 saturated heterocycles. The Bertz CT molecular complexity index is 1080. The van der Waals surface area contributed by atoms with E-state index in [2.05, 4.69) is 0 Å². The van der Waals surface area contributed by atoms with Gasteiger partial charge in [0, 0.05) is 6.07 Å². The maximum absolute atomic E-state index is 13.5. The first-order valence-corrected chi connectivity index (χ1v) is 8.73. The van der Waals surface area contributed by atoms with Gasteiger partial charge in [0.15, 0.2) is 0 Å². The molecule has 0 aliphatic rings. The van der Waals surface area contributed by atoms with E-state index < -0.39 is 76.2 Å². The van der Waals surface area contributed by atoms with Crippen molar-refractivity contribution in [2.24, 2.45) is 0 Å². The number of alkyl halides is 6. The van der Waals surface area contributed by atoms with E-state index in [1.807, 2.05) is 5.32 Å². The van der Waals surface area contributed by atoms with Crippen LogP contribution in [0.2, 0.25) is 20.1 Å². The maximum Gasteiger partial charge on any atom is 0.419 e. The maximum atomic E-state index is 13.5. The molecule has 0 radical (unpaired) electrons. The van der Waals surface area contributed by atoms with Crippen LogP contribution >= 0.6 is 46.4 Å². The Hall–Kier alpha value is -2.22. The van der Waals surface area contributed by atoms with Gasteiger partial charge in [-0.25, -0.2) is 0 Å². The first kappa shape index (κ1) is 25.0. The van der Waals surface area contributed by atoms with Gasteiger partial charge in [0.2, 0.25) is 0 Å². The molecular formula is C14H3Cl4F6N3O4. The number of nitrogens with one attached hydrogen (secondary N) is 1. The summed E-state index contributed by atoms with van der Waals surface area (Å²) in [6.45, 7) is 0. The molecule has 17 heteroatoms. The van der Waals surface area contributed by atoms with E-state index in [4.69, 9.17) is 46.4 Å². The lowest BCUT2D eigenvalue weighted by molar-refractivity contribution is -0.394. The molecule has 0 amide bonds. The third kappa shape index (κ3) is 4.84. The fraction of sp³-hybridized carbons (Fsp3) is 0.143. The number of nitro benzene ring substituents is 2. The van der Waals surface area contributed by atoms with Crippen molar-refractivity contribution in [3.05, 3.63) is 63.6 Å². The van der Waals surface area contributed by atoms with Gasteiger partial charge in [0.05, 0.1) is 52.8 Å². The summed E-state index contributed by atoms with van der Waals surface area (Å²) < 4.78 is 79.8. The highest BCUT2D eigenvalue weighted by Gasteiger charge is 2.42. The molecule has 0 spiro atoms. The van der Waals surface area contributed by atoms with Crippen LogP contribution in [0.25, 0.3) is 0 Å². The summed E-state index contributed by atoms with van der Waals surface area (Å²) in [5.74, 6) is 0. The summed E-state index contributed by atoms with van der Waals surface area (Å²) in [5, 5.41) is 19.3. The molecule has 0 heterocycles. The van der Waals surface area contributed by atoms with E-state index in [9.17, 15) is 46.6 Å². The molecule has 0 atom stereocenters. The SMILES string of the molecule is O=[N+]([O-])c1cc([N+](=O)[O-])c(Nc2c(Cl)c(Cl)c(C(F)(F)F)c(Cl)c2Cl)c(C(F)(F)F)c1. The summed E-state index contributed by atoms with van der Waals surface area (Å²) in [6.07, 6.45) is -10.5. The molecule has 0 unspecified atom stereocenters. The van der Waals surface area contributed by atoms with E-state index in [-0.39, 0.29) is 12.1 Å². The molecule has 0 aliphatic carbocycles. The topological polar surface area (TPSA) is 98.3 Å². The van der Waals surface area contributed by atoms with Crippen LogP contribution in [0, 0.1) is 20.2 Å². The first-order valence-electron chi connectivity index (χ1n) is 7.22. The largest absolute Gasteiger partial charge is 0.419 e. The second-order valence-electron chi connectivity index (χ2n) is 5.53. The summed E-state index contributed by atoms with van der Waals surface area (Å²) >= 11 is 22.5. The molecule has 168 valence electrons. The van der Waals surface area contributed by atoms with E-state index in [0.717, 1.165) is 0 Å². The molecule has 0 bridgehead atoms. The third-order valence-electron chi connectivity index (χ3n) is 3.61. The number of hydrogen-bond acceptors (Lipinski definition) is 5. The number of rotatable bonds is 4. The summed E-state index contributed by atoms with van der Waals surface area (Å²) in [4.78, 5) is 19.4. The molecule has 0 fully saturated rings. The molecule has 7 nitrogen and oxygen atoms in total. The number of benzene rings is 2. The Morgan fingerprint density at radius 3 is 1.58 bits per heavy atom. The van der Waals surface area contributed by atoms with Crippen molar-refractivity contribution in [1.29, 1.82) is 0 Å². The van der Waals surface area contributed by atoms with Gasteiger partial charge in [0.1, 0.15) is 5.69 Å². The molecule has 0 aromatic heterocycles. The fourth-order valence-electron chi connectivity index (χ4n) is 2.33. The number of halogens is 10. The lowest BCUT2D eigenvalue weighted by Gasteiger charge is -2.20. The van der Waals surface area contributed by atoms with Crippen LogP contribution in [0.3, 0.4) is 0 Å². The highest BCUT2D eigenvalue weighted by atomic mass is 35.5. The average Bonchev–Trinajstić information content (AvgIpc) is 2.61. The zero-order chi connectivity index (χ0) is 24.0. The fourth-order valence-corrected chi connectivity index (χ4v) is 3.49. The van der Waals surface area contributed by atoms with Gasteiger partial charge in [0.25, 0.3) is 11.4 Å². The van der Waals surface area contributed by atoms with E-state index in [0.29, 0.717) is 0 Å². The monoisotopic (exact) mass is 531 g/mol. The normalized spacial score (nSPS) is 12.1. The van der Waals surface area contributed by atoms with Crippen molar-refractivity contribution in [2.75, 3.05) is 5.32 Å². The number of nitro groups is 2. The van der Waals surface area contributed by atoms with Gasteiger partial charge < -0.3 is 5.32 Å². The number of non-ortho nitro benzene ring substituents is 1. The van der Waals surface area contributed by atoms with Crippen LogP contribution in [-0.2, 0) is 12.4 Å². The third-order valence-corrected chi connectivity index (χ3v) is 5.32. The standard InChI is InChI=1S/C14H3Cl4F6N3O4/c15-7-6(14(22,23)24)8(16)10(18)12(9(7)17)25-11-4(13(19,20)21)1-3(26(28)29)2-5(11)27(30)31/h1-2,25H.